The number of anilines is 1. The summed E-state index contributed by atoms with van der Waals surface area (Å²) in [6.45, 7) is 3.42. The van der Waals surface area contributed by atoms with E-state index < -0.39 is 0 Å². The molecule has 0 bridgehead atoms. The van der Waals surface area contributed by atoms with Gasteiger partial charge in [0, 0.05) is 17.8 Å². The second-order valence-electron chi connectivity index (χ2n) is 6.01. The molecule has 5 heteroatoms. The molecule has 5 nitrogen and oxygen atoms in total. The number of rotatable bonds is 5. The van der Waals surface area contributed by atoms with Gasteiger partial charge in [0.1, 0.15) is 5.75 Å². The molecular weight excluding hydrogens is 316 g/mol. The number of carbonyl (C=O) groups is 1. The van der Waals surface area contributed by atoms with Gasteiger partial charge in [0.05, 0.1) is 26.4 Å². The van der Waals surface area contributed by atoms with E-state index in [0.29, 0.717) is 13.2 Å². The topological polar surface area (TPSA) is 42.7 Å². The molecule has 1 aliphatic rings. The average Bonchev–Trinajstić information content (AvgIpc) is 2.65. The van der Waals surface area contributed by atoms with Gasteiger partial charge in [-0.2, -0.15) is 4.57 Å². The number of benzene rings is 1. The van der Waals surface area contributed by atoms with Crippen molar-refractivity contribution in [2.24, 2.45) is 0 Å². The Balaban J connectivity index is 1.91. The molecule has 0 saturated heterocycles. The van der Waals surface area contributed by atoms with Gasteiger partial charge in [-0.1, -0.05) is 12.1 Å². The predicted octanol–water partition coefficient (Wildman–Crippen LogP) is 2.36. The number of pyridine rings is 1. The van der Waals surface area contributed by atoms with Crippen molar-refractivity contribution in [2.75, 3.05) is 25.2 Å². The van der Waals surface area contributed by atoms with Crippen molar-refractivity contribution in [3.8, 4) is 5.75 Å². The lowest BCUT2D eigenvalue weighted by atomic mass is 10.0. The number of carbonyl (C=O) groups excluding carboxylic acids is 1. The zero-order valence-corrected chi connectivity index (χ0v) is 14.6. The summed E-state index contributed by atoms with van der Waals surface area (Å²) in [5.74, 6) is 0.783. The molecule has 2 heterocycles. The molecule has 0 N–H and O–H groups in total. The summed E-state index contributed by atoms with van der Waals surface area (Å²) in [7, 11) is 1.63. The highest BCUT2D eigenvalue weighted by Gasteiger charge is 2.30. The van der Waals surface area contributed by atoms with Gasteiger partial charge in [-0.15, -0.1) is 0 Å². The number of nitrogens with zero attached hydrogens (tertiary/aromatic N) is 2. The van der Waals surface area contributed by atoms with Crippen LogP contribution in [-0.4, -0.2) is 32.3 Å². The van der Waals surface area contributed by atoms with E-state index in [1.165, 1.54) is 0 Å². The van der Waals surface area contributed by atoms with Crippen molar-refractivity contribution < 1.29 is 18.8 Å². The molecule has 1 unspecified atom stereocenters. The fourth-order valence-electron chi connectivity index (χ4n) is 2.93. The minimum Gasteiger partial charge on any atom is -0.497 e. The van der Waals surface area contributed by atoms with E-state index in [-0.39, 0.29) is 18.5 Å². The molecular formula is C20H23N2O3+. The minimum absolute atomic E-state index is 0.0182. The van der Waals surface area contributed by atoms with Gasteiger partial charge < -0.3 is 9.47 Å². The molecule has 25 heavy (non-hydrogen) atoms. The molecule has 2 aromatic rings. The Labute approximate surface area is 148 Å². The Morgan fingerprint density at radius 3 is 2.60 bits per heavy atom. The van der Waals surface area contributed by atoms with Crippen LogP contribution in [-0.2, 0) is 16.1 Å². The van der Waals surface area contributed by atoms with Crippen molar-refractivity contribution in [2.45, 2.75) is 19.5 Å². The highest BCUT2D eigenvalue weighted by atomic mass is 16.5. The van der Waals surface area contributed by atoms with E-state index in [4.69, 9.17) is 9.47 Å². The quantitative estimate of drug-likeness (QED) is 0.620. The van der Waals surface area contributed by atoms with Crippen LogP contribution in [0.5, 0.6) is 5.75 Å². The molecule has 1 amide bonds. The Morgan fingerprint density at radius 2 is 1.96 bits per heavy atom. The fourth-order valence-corrected chi connectivity index (χ4v) is 2.93. The zero-order valence-electron chi connectivity index (χ0n) is 14.6. The lowest BCUT2D eigenvalue weighted by Gasteiger charge is -2.33. The molecule has 1 aliphatic heterocycles. The standard InChI is InChI=1S/C20H23N2O3/c1-16-10-13-25-15-19(16)22(17-6-8-18(24-2)9-7-17)20(23)14-21-11-4-3-5-12-21/h3-12,19H,13-15H2,1-2H3/q+1. The molecule has 130 valence electrons. The average molecular weight is 339 g/mol. The Bertz CT molecular complexity index is 741. The Morgan fingerprint density at radius 1 is 1.24 bits per heavy atom. The van der Waals surface area contributed by atoms with Crippen LogP contribution in [0.4, 0.5) is 5.69 Å². The van der Waals surface area contributed by atoms with Crippen LogP contribution in [0.3, 0.4) is 0 Å². The first kappa shape index (κ1) is 17.2. The SMILES string of the molecule is COc1ccc(N(C(=O)C[n+]2ccccc2)C2COCC=C2C)cc1. The third-order valence-electron chi connectivity index (χ3n) is 4.35. The van der Waals surface area contributed by atoms with Crippen LogP contribution in [0, 0.1) is 0 Å². The maximum atomic E-state index is 13.1. The lowest BCUT2D eigenvalue weighted by molar-refractivity contribution is -0.684. The van der Waals surface area contributed by atoms with Crippen LogP contribution in [0.2, 0.25) is 0 Å². The largest absolute Gasteiger partial charge is 0.497 e. The summed E-state index contributed by atoms with van der Waals surface area (Å²) >= 11 is 0. The molecule has 0 spiro atoms. The number of ether oxygens (including phenoxy) is 2. The maximum absolute atomic E-state index is 13.1. The van der Waals surface area contributed by atoms with E-state index in [0.717, 1.165) is 17.0 Å². The van der Waals surface area contributed by atoms with Gasteiger partial charge in [-0.25, -0.2) is 0 Å². The van der Waals surface area contributed by atoms with Crippen molar-refractivity contribution in [3.05, 3.63) is 66.5 Å². The maximum Gasteiger partial charge on any atom is 0.293 e. The van der Waals surface area contributed by atoms with Gasteiger partial charge in [-0.3, -0.25) is 9.69 Å². The van der Waals surface area contributed by atoms with Gasteiger partial charge in [0.2, 0.25) is 6.54 Å². The lowest BCUT2D eigenvalue weighted by Crippen LogP contribution is -2.51. The van der Waals surface area contributed by atoms with E-state index >= 15 is 0 Å². The van der Waals surface area contributed by atoms with E-state index in [9.17, 15) is 4.79 Å². The zero-order chi connectivity index (χ0) is 17.6. The second-order valence-corrected chi connectivity index (χ2v) is 6.01. The van der Waals surface area contributed by atoms with Crippen molar-refractivity contribution in [3.63, 3.8) is 0 Å². The van der Waals surface area contributed by atoms with E-state index in [1.807, 2.05) is 77.3 Å². The summed E-state index contributed by atoms with van der Waals surface area (Å²) in [5.41, 5.74) is 1.99. The van der Waals surface area contributed by atoms with E-state index in [2.05, 4.69) is 0 Å². The number of amides is 1. The molecule has 0 radical (unpaired) electrons. The summed E-state index contributed by atoms with van der Waals surface area (Å²) in [4.78, 5) is 14.9. The third-order valence-corrected chi connectivity index (χ3v) is 4.35. The third kappa shape index (κ3) is 4.06. The van der Waals surface area contributed by atoms with Crippen LogP contribution in [0.1, 0.15) is 6.92 Å². The first-order chi connectivity index (χ1) is 12.2. The van der Waals surface area contributed by atoms with Gasteiger partial charge in [0.15, 0.2) is 12.4 Å². The Kier molecular flexibility index (Phi) is 5.46. The van der Waals surface area contributed by atoms with Crippen LogP contribution >= 0.6 is 0 Å². The second kappa shape index (κ2) is 7.94. The van der Waals surface area contributed by atoms with Gasteiger partial charge in [-0.05, 0) is 36.8 Å². The first-order valence-corrected chi connectivity index (χ1v) is 8.33. The fraction of sp³-hybridized carbons (Fsp3) is 0.300. The van der Waals surface area contributed by atoms with Crippen molar-refractivity contribution >= 4 is 11.6 Å². The molecule has 3 rings (SSSR count). The summed E-state index contributed by atoms with van der Waals surface area (Å²) in [6.07, 6.45) is 5.82. The summed E-state index contributed by atoms with van der Waals surface area (Å²) < 4.78 is 12.7. The van der Waals surface area contributed by atoms with Gasteiger partial charge in [0.25, 0.3) is 5.91 Å². The monoisotopic (exact) mass is 339 g/mol. The molecule has 0 aliphatic carbocycles. The summed E-state index contributed by atoms with van der Waals surface area (Å²) in [6, 6.07) is 13.2. The molecule has 1 aromatic heterocycles. The molecule has 1 aromatic carbocycles. The van der Waals surface area contributed by atoms with Crippen molar-refractivity contribution in [1.82, 2.24) is 0 Å². The van der Waals surface area contributed by atoms with E-state index in [1.54, 1.807) is 7.11 Å². The smallest absolute Gasteiger partial charge is 0.293 e. The minimum atomic E-state index is -0.0982. The highest BCUT2D eigenvalue weighted by Crippen LogP contribution is 2.25. The number of hydrogen-bond acceptors (Lipinski definition) is 3. The highest BCUT2D eigenvalue weighted by molar-refractivity contribution is 5.93. The predicted molar refractivity (Wildman–Crippen MR) is 95.5 cm³/mol. The molecule has 1 atom stereocenters. The molecule has 0 saturated carbocycles. The normalized spacial score (nSPS) is 16.9. The van der Waals surface area contributed by atoms with Gasteiger partial charge >= 0.3 is 0 Å². The summed E-state index contributed by atoms with van der Waals surface area (Å²) in [5, 5.41) is 0. The van der Waals surface area contributed by atoms with Crippen LogP contribution in [0.15, 0.2) is 66.5 Å². The van der Waals surface area contributed by atoms with Crippen LogP contribution in [0.25, 0.3) is 0 Å². The number of hydrogen-bond donors (Lipinski definition) is 0. The van der Waals surface area contributed by atoms with Crippen molar-refractivity contribution in [1.29, 1.82) is 0 Å². The number of aromatic nitrogens is 1. The van der Waals surface area contributed by atoms with Crippen LogP contribution < -0.4 is 14.2 Å². The Hall–Kier alpha value is -2.66. The first-order valence-electron chi connectivity index (χ1n) is 8.33. The number of methoxy groups -OCH3 is 1. The molecule has 0 fully saturated rings.